The predicted molar refractivity (Wildman–Crippen MR) is 145 cm³/mol. The molecule has 0 unspecified atom stereocenters. The molecule has 0 radical (unpaired) electrons. The first kappa shape index (κ1) is 21.1. The molecule has 0 aliphatic rings. The molecule has 0 aliphatic carbocycles. The maximum Gasteiger partial charge on any atom is 0.145 e. The Morgan fingerprint density at radius 1 is 0.424 bits per heavy atom. The summed E-state index contributed by atoms with van der Waals surface area (Å²) in [5, 5.41) is 5.32. The summed E-state index contributed by atoms with van der Waals surface area (Å²) in [6.07, 6.45) is 2.02. The van der Waals surface area contributed by atoms with Crippen molar-refractivity contribution in [3.05, 3.63) is 151 Å². The van der Waals surface area contributed by atoms with Gasteiger partial charge in [-0.1, -0.05) is 84.9 Å². The minimum atomic E-state index is -2.16. The van der Waals surface area contributed by atoms with Crippen LogP contribution in [0, 0.1) is 0 Å². The molecule has 0 fully saturated rings. The SMILES string of the molecule is C(=Nc1ccccc1)c1ccccc1[P+](c1ccccc1)(c1ccccc1)c1ccccc1. The van der Waals surface area contributed by atoms with Crippen LogP contribution in [0.25, 0.3) is 0 Å². The summed E-state index contributed by atoms with van der Waals surface area (Å²) >= 11 is 0. The van der Waals surface area contributed by atoms with Gasteiger partial charge in [0.05, 0.1) is 5.69 Å². The average molecular weight is 443 g/mol. The van der Waals surface area contributed by atoms with Crippen LogP contribution < -0.4 is 21.2 Å². The molecule has 0 saturated heterocycles. The molecule has 0 atom stereocenters. The molecule has 0 spiro atoms. The maximum absolute atomic E-state index is 4.82. The molecular weight excluding hydrogens is 417 g/mol. The van der Waals surface area contributed by atoms with E-state index in [-0.39, 0.29) is 0 Å². The molecule has 5 rings (SSSR count). The summed E-state index contributed by atoms with van der Waals surface area (Å²) in [6.45, 7) is 0. The molecule has 1 nitrogen and oxygen atoms in total. The molecule has 0 aliphatic heterocycles. The van der Waals surface area contributed by atoms with Gasteiger partial charge in [-0.25, -0.2) is 0 Å². The van der Waals surface area contributed by atoms with Crippen LogP contribution in [0.15, 0.2) is 151 Å². The molecule has 2 heteroatoms. The van der Waals surface area contributed by atoms with Gasteiger partial charge in [0.1, 0.15) is 28.5 Å². The van der Waals surface area contributed by atoms with Crippen molar-refractivity contribution in [2.75, 3.05) is 0 Å². The summed E-state index contributed by atoms with van der Waals surface area (Å²) in [5.41, 5.74) is 2.10. The molecule has 0 bridgehead atoms. The number of hydrogen-bond donors (Lipinski definition) is 0. The standard InChI is InChI=1S/C31H25NP/c1-5-16-27(17-6-1)32-25-26-15-13-14-24-31(26)33(28-18-7-2-8-19-28,29-20-9-3-10-21-29)30-22-11-4-12-23-30/h1-25H/q+1. The first-order valence-electron chi connectivity index (χ1n) is 11.1. The van der Waals surface area contributed by atoms with E-state index in [1.165, 1.54) is 21.2 Å². The fraction of sp³-hybridized carbons (Fsp3) is 0. The second kappa shape index (κ2) is 9.77. The summed E-state index contributed by atoms with van der Waals surface area (Å²) in [6, 6.07) is 51.7. The van der Waals surface area contributed by atoms with Crippen molar-refractivity contribution in [3.8, 4) is 0 Å². The largest absolute Gasteiger partial charge is 0.256 e. The first-order chi connectivity index (χ1) is 16.4. The highest BCUT2D eigenvalue weighted by atomic mass is 31.2. The Kier molecular flexibility index (Phi) is 6.24. The molecule has 158 valence electrons. The number of hydrogen-bond acceptors (Lipinski definition) is 1. The summed E-state index contributed by atoms with van der Waals surface area (Å²) in [5.74, 6) is 0. The van der Waals surface area contributed by atoms with E-state index in [0.717, 1.165) is 11.3 Å². The summed E-state index contributed by atoms with van der Waals surface area (Å²) in [4.78, 5) is 4.82. The van der Waals surface area contributed by atoms with E-state index >= 15 is 0 Å². The van der Waals surface area contributed by atoms with Crippen molar-refractivity contribution in [1.82, 2.24) is 0 Å². The van der Waals surface area contributed by atoms with Crippen molar-refractivity contribution in [1.29, 1.82) is 0 Å². The molecule has 0 N–H and O–H groups in total. The Labute approximate surface area is 196 Å². The Bertz CT molecular complexity index is 1230. The number of rotatable bonds is 6. The number of aliphatic imine (C=N–C) groups is 1. The smallest absolute Gasteiger partial charge is 0.145 e. The zero-order valence-corrected chi connectivity index (χ0v) is 19.2. The average Bonchev–Trinajstić information content (AvgIpc) is 2.91. The summed E-state index contributed by atoms with van der Waals surface area (Å²) < 4.78 is 0. The molecular formula is C31H25NP+. The van der Waals surface area contributed by atoms with Gasteiger partial charge in [-0.05, 0) is 60.7 Å². The first-order valence-corrected chi connectivity index (χ1v) is 12.9. The highest BCUT2D eigenvalue weighted by molar-refractivity contribution is 8.01. The van der Waals surface area contributed by atoms with E-state index in [9.17, 15) is 0 Å². The van der Waals surface area contributed by atoms with Gasteiger partial charge in [0.2, 0.25) is 0 Å². The van der Waals surface area contributed by atoms with Crippen LogP contribution in [-0.2, 0) is 0 Å². The minimum Gasteiger partial charge on any atom is -0.256 e. The molecule has 0 aromatic heterocycles. The predicted octanol–water partition coefficient (Wildman–Crippen LogP) is 6.06. The third kappa shape index (κ3) is 4.16. The van der Waals surface area contributed by atoms with Gasteiger partial charge in [-0.15, -0.1) is 0 Å². The van der Waals surface area contributed by atoms with Crippen molar-refractivity contribution < 1.29 is 0 Å². The van der Waals surface area contributed by atoms with Crippen molar-refractivity contribution in [3.63, 3.8) is 0 Å². The van der Waals surface area contributed by atoms with Crippen LogP contribution in [0.4, 0.5) is 5.69 Å². The van der Waals surface area contributed by atoms with Crippen LogP contribution in [0.1, 0.15) is 5.56 Å². The molecule has 0 heterocycles. The maximum atomic E-state index is 4.82. The molecule has 0 amide bonds. The Balaban J connectivity index is 1.83. The number of benzene rings is 5. The molecule has 33 heavy (non-hydrogen) atoms. The van der Waals surface area contributed by atoms with E-state index in [4.69, 9.17) is 4.99 Å². The van der Waals surface area contributed by atoms with E-state index in [0.29, 0.717) is 0 Å². The van der Waals surface area contributed by atoms with E-state index in [1.54, 1.807) is 0 Å². The second-order valence-corrected chi connectivity index (χ2v) is 11.2. The zero-order valence-electron chi connectivity index (χ0n) is 18.3. The molecule has 0 saturated carbocycles. The molecule has 5 aromatic rings. The van der Waals surface area contributed by atoms with Crippen LogP contribution in [0.3, 0.4) is 0 Å². The van der Waals surface area contributed by atoms with E-state index < -0.39 is 7.26 Å². The third-order valence-electron chi connectivity index (χ3n) is 5.84. The van der Waals surface area contributed by atoms with Gasteiger partial charge in [-0.3, -0.25) is 4.99 Å². The lowest BCUT2D eigenvalue weighted by atomic mass is 10.2. The highest BCUT2D eigenvalue weighted by Crippen LogP contribution is 2.54. The van der Waals surface area contributed by atoms with Crippen molar-refractivity contribution in [2.24, 2.45) is 4.99 Å². The van der Waals surface area contributed by atoms with Crippen LogP contribution >= 0.6 is 7.26 Å². The number of nitrogens with zero attached hydrogens (tertiary/aromatic N) is 1. The zero-order chi connectivity index (χ0) is 22.3. The fourth-order valence-electron chi connectivity index (χ4n) is 4.38. The fourth-order valence-corrected chi connectivity index (χ4v) is 8.80. The van der Waals surface area contributed by atoms with Gasteiger partial charge in [0.25, 0.3) is 0 Å². The lowest BCUT2D eigenvalue weighted by Gasteiger charge is -2.28. The van der Waals surface area contributed by atoms with Gasteiger partial charge in [0.15, 0.2) is 0 Å². The normalized spacial score (nSPS) is 11.5. The summed E-state index contributed by atoms with van der Waals surface area (Å²) in [7, 11) is -2.16. The van der Waals surface area contributed by atoms with Crippen molar-refractivity contribution in [2.45, 2.75) is 0 Å². The van der Waals surface area contributed by atoms with Crippen LogP contribution in [0.2, 0.25) is 0 Å². The topological polar surface area (TPSA) is 12.4 Å². The van der Waals surface area contributed by atoms with Gasteiger partial charge < -0.3 is 0 Å². The Hall–Kier alpha value is -3.80. The van der Waals surface area contributed by atoms with Gasteiger partial charge >= 0.3 is 0 Å². The third-order valence-corrected chi connectivity index (χ3v) is 10.2. The quantitative estimate of drug-likeness (QED) is 0.224. The van der Waals surface area contributed by atoms with Gasteiger partial charge in [0, 0.05) is 11.8 Å². The second-order valence-electron chi connectivity index (χ2n) is 7.83. The van der Waals surface area contributed by atoms with E-state index in [1.807, 2.05) is 36.5 Å². The Morgan fingerprint density at radius 2 is 0.818 bits per heavy atom. The van der Waals surface area contributed by atoms with Crippen LogP contribution in [0.5, 0.6) is 0 Å². The van der Waals surface area contributed by atoms with Gasteiger partial charge in [-0.2, -0.15) is 0 Å². The number of para-hydroxylation sites is 1. The van der Waals surface area contributed by atoms with Crippen molar-refractivity contribution >= 4 is 40.4 Å². The lowest BCUT2D eigenvalue weighted by molar-refractivity contribution is 1.53. The van der Waals surface area contributed by atoms with Crippen LogP contribution in [-0.4, -0.2) is 6.21 Å². The lowest BCUT2D eigenvalue weighted by Crippen LogP contribution is -2.40. The monoisotopic (exact) mass is 442 g/mol. The minimum absolute atomic E-state index is 0.954. The Morgan fingerprint density at radius 3 is 1.30 bits per heavy atom. The highest BCUT2D eigenvalue weighted by Gasteiger charge is 2.48. The van der Waals surface area contributed by atoms with E-state index in [2.05, 4.69) is 115 Å². The molecule has 5 aromatic carbocycles.